The molecule has 0 radical (unpaired) electrons. The van der Waals surface area contributed by atoms with Gasteiger partial charge in [-0.25, -0.2) is 4.98 Å². The molecule has 0 saturated carbocycles. The Morgan fingerprint density at radius 2 is 2.29 bits per heavy atom. The normalized spacial score (nSPS) is 21.5. The van der Waals surface area contributed by atoms with E-state index in [0.717, 1.165) is 32.0 Å². The molecule has 0 bridgehead atoms. The summed E-state index contributed by atoms with van der Waals surface area (Å²) >= 11 is 1.75. The van der Waals surface area contributed by atoms with Gasteiger partial charge in [0.1, 0.15) is 5.82 Å². The smallest absolute Gasteiger partial charge is 0.223 e. The van der Waals surface area contributed by atoms with Gasteiger partial charge < -0.3 is 9.47 Å². The summed E-state index contributed by atoms with van der Waals surface area (Å²) in [4.78, 5) is 21.3. The lowest BCUT2D eigenvalue weighted by molar-refractivity contribution is -0.134. The van der Waals surface area contributed by atoms with Crippen LogP contribution in [0.5, 0.6) is 0 Å². The number of rotatable bonds is 5. The lowest BCUT2D eigenvalue weighted by Crippen LogP contribution is -2.51. The van der Waals surface area contributed by atoms with Crippen molar-refractivity contribution in [1.29, 1.82) is 0 Å². The third-order valence-electron chi connectivity index (χ3n) is 4.27. The van der Waals surface area contributed by atoms with Crippen LogP contribution in [0.4, 0.5) is 0 Å². The average molecular weight is 310 g/mol. The number of amides is 1. The van der Waals surface area contributed by atoms with Crippen molar-refractivity contribution in [2.75, 3.05) is 32.4 Å². The highest BCUT2D eigenvalue weighted by Crippen LogP contribution is 2.24. The first-order chi connectivity index (χ1) is 10.1. The van der Waals surface area contributed by atoms with Gasteiger partial charge >= 0.3 is 0 Å². The number of hydrogen-bond donors (Lipinski definition) is 0. The molecule has 2 heterocycles. The molecule has 1 fully saturated rings. The minimum atomic E-state index is 0.206. The van der Waals surface area contributed by atoms with Gasteiger partial charge in [0.15, 0.2) is 0 Å². The second-order valence-corrected chi connectivity index (χ2v) is 6.91. The maximum atomic E-state index is 12.4. The molecule has 21 heavy (non-hydrogen) atoms. The highest BCUT2D eigenvalue weighted by molar-refractivity contribution is 7.99. The largest absolute Gasteiger partial charge is 0.339 e. The molecule has 0 aliphatic carbocycles. The van der Waals surface area contributed by atoms with Gasteiger partial charge in [0.2, 0.25) is 5.91 Å². The van der Waals surface area contributed by atoms with Crippen LogP contribution in [0.3, 0.4) is 0 Å². The molecule has 2 unspecified atom stereocenters. The fraction of sp³-hybridized carbons (Fsp3) is 0.733. The SMILES string of the molecule is CCN1CCN(C(=O)CC(C)SC)CC1c1nccn1C. The van der Waals surface area contributed by atoms with Gasteiger partial charge in [-0.05, 0) is 12.8 Å². The molecule has 118 valence electrons. The van der Waals surface area contributed by atoms with Crippen molar-refractivity contribution in [2.45, 2.75) is 31.6 Å². The Balaban J connectivity index is 2.08. The molecule has 0 spiro atoms. The van der Waals surface area contributed by atoms with E-state index in [4.69, 9.17) is 0 Å². The highest BCUT2D eigenvalue weighted by Gasteiger charge is 2.32. The van der Waals surface area contributed by atoms with Crippen molar-refractivity contribution in [2.24, 2.45) is 7.05 Å². The summed E-state index contributed by atoms with van der Waals surface area (Å²) in [6, 6.07) is 0.206. The van der Waals surface area contributed by atoms with Crippen LogP contribution >= 0.6 is 11.8 Å². The lowest BCUT2D eigenvalue weighted by Gasteiger charge is -2.40. The van der Waals surface area contributed by atoms with Crippen LogP contribution in [-0.4, -0.2) is 62.9 Å². The van der Waals surface area contributed by atoms with E-state index < -0.39 is 0 Å². The second kappa shape index (κ2) is 7.31. The molecule has 6 heteroatoms. The molecular formula is C15H26N4OS. The monoisotopic (exact) mass is 310 g/mol. The molecule has 1 saturated heterocycles. The van der Waals surface area contributed by atoms with Crippen LogP contribution < -0.4 is 0 Å². The molecule has 1 aliphatic rings. The number of imidazole rings is 1. The van der Waals surface area contributed by atoms with E-state index >= 15 is 0 Å². The van der Waals surface area contributed by atoms with E-state index in [0.29, 0.717) is 11.7 Å². The van der Waals surface area contributed by atoms with Crippen molar-refractivity contribution in [3.05, 3.63) is 18.2 Å². The van der Waals surface area contributed by atoms with Gasteiger partial charge in [-0.1, -0.05) is 13.8 Å². The maximum absolute atomic E-state index is 12.4. The Morgan fingerprint density at radius 1 is 1.52 bits per heavy atom. The van der Waals surface area contributed by atoms with Crippen molar-refractivity contribution < 1.29 is 4.79 Å². The number of carbonyl (C=O) groups is 1. The van der Waals surface area contributed by atoms with Crippen molar-refractivity contribution >= 4 is 17.7 Å². The predicted molar refractivity (Wildman–Crippen MR) is 87.4 cm³/mol. The zero-order chi connectivity index (χ0) is 15.4. The topological polar surface area (TPSA) is 41.4 Å². The van der Waals surface area contributed by atoms with E-state index in [2.05, 4.69) is 34.6 Å². The molecule has 1 aromatic rings. The first-order valence-corrected chi connectivity index (χ1v) is 8.87. The molecule has 0 aromatic carbocycles. The van der Waals surface area contributed by atoms with Gasteiger partial charge in [0, 0.05) is 50.7 Å². The van der Waals surface area contributed by atoms with E-state index in [1.807, 2.05) is 24.3 Å². The quantitative estimate of drug-likeness (QED) is 0.831. The summed E-state index contributed by atoms with van der Waals surface area (Å²) in [5.74, 6) is 1.32. The Hall–Kier alpha value is -1.01. The Morgan fingerprint density at radius 3 is 2.86 bits per heavy atom. The third-order valence-corrected chi connectivity index (χ3v) is 5.24. The van der Waals surface area contributed by atoms with Gasteiger partial charge in [-0.2, -0.15) is 11.8 Å². The van der Waals surface area contributed by atoms with Crippen molar-refractivity contribution in [3.8, 4) is 0 Å². The van der Waals surface area contributed by atoms with Crippen molar-refractivity contribution in [1.82, 2.24) is 19.4 Å². The molecule has 1 aliphatic heterocycles. The molecule has 2 rings (SSSR count). The fourth-order valence-corrected chi connectivity index (χ4v) is 3.14. The molecule has 0 N–H and O–H groups in total. The molecular weight excluding hydrogens is 284 g/mol. The maximum Gasteiger partial charge on any atom is 0.223 e. The summed E-state index contributed by atoms with van der Waals surface area (Å²) in [6.07, 6.45) is 6.49. The predicted octanol–water partition coefficient (Wildman–Crippen LogP) is 1.77. The van der Waals surface area contributed by atoms with Crippen LogP contribution in [-0.2, 0) is 11.8 Å². The van der Waals surface area contributed by atoms with Crippen LogP contribution in [0, 0.1) is 0 Å². The molecule has 1 amide bonds. The number of nitrogens with zero attached hydrogens (tertiary/aromatic N) is 4. The van der Waals surface area contributed by atoms with Crippen LogP contribution in [0.2, 0.25) is 0 Å². The highest BCUT2D eigenvalue weighted by atomic mass is 32.2. The number of likely N-dealkylation sites (N-methyl/N-ethyl adjacent to an activating group) is 1. The lowest BCUT2D eigenvalue weighted by atomic mass is 10.1. The Kier molecular flexibility index (Phi) is 5.70. The van der Waals surface area contributed by atoms with E-state index in [1.54, 1.807) is 11.8 Å². The molecule has 5 nitrogen and oxygen atoms in total. The number of aryl methyl sites for hydroxylation is 1. The second-order valence-electron chi connectivity index (χ2n) is 5.63. The summed E-state index contributed by atoms with van der Waals surface area (Å²) in [7, 11) is 2.02. The number of hydrogen-bond acceptors (Lipinski definition) is 4. The summed E-state index contributed by atoms with van der Waals surface area (Å²) < 4.78 is 2.06. The minimum absolute atomic E-state index is 0.206. The summed E-state index contributed by atoms with van der Waals surface area (Å²) in [5, 5.41) is 0.383. The standard InChI is InChI=1S/C15H26N4OS/c1-5-18-8-9-19(14(20)10-12(2)21-4)11-13(18)15-16-6-7-17(15)3/h6-7,12-13H,5,8-11H2,1-4H3. The number of carbonyl (C=O) groups excluding carboxylic acids is 1. The first-order valence-electron chi connectivity index (χ1n) is 7.58. The summed E-state index contributed by atoms with van der Waals surface area (Å²) in [6.45, 7) is 7.77. The van der Waals surface area contributed by atoms with Gasteiger partial charge in [-0.15, -0.1) is 0 Å². The Bertz CT molecular complexity index is 476. The Labute approximate surface area is 131 Å². The number of thioether (sulfide) groups is 1. The fourth-order valence-electron chi connectivity index (χ4n) is 2.83. The zero-order valence-corrected chi connectivity index (χ0v) is 14.3. The third kappa shape index (κ3) is 3.80. The van der Waals surface area contributed by atoms with Crippen LogP contribution in [0.15, 0.2) is 12.4 Å². The zero-order valence-electron chi connectivity index (χ0n) is 13.5. The minimum Gasteiger partial charge on any atom is -0.339 e. The van der Waals surface area contributed by atoms with E-state index in [1.165, 1.54) is 0 Å². The molecule has 1 aromatic heterocycles. The average Bonchev–Trinajstić information content (AvgIpc) is 2.92. The molecule has 2 atom stereocenters. The van der Waals surface area contributed by atoms with Gasteiger partial charge in [-0.3, -0.25) is 9.69 Å². The van der Waals surface area contributed by atoms with Gasteiger partial charge in [0.05, 0.1) is 6.04 Å². The van der Waals surface area contributed by atoms with Crippen LogP contribution in [0.1, 0.15) is 32.1 Å². The van der Waals surface area contributed by atoms with E-state index in [-0.39, 0.29) is 11.9 Å². The van der Waals surface area contributed by atoms with Crippen LogP contribution in [0.25, 0.3) is 0 Å². The van der Waals surface area contributed by atoms with Gasteiger partial charge in [0.25, 0.3) is 0 Å². The summed E-state index contributed by atoms with van der Waals surface area (Å²) in [5.41, 5.74) is 0. The first kappa shape index (κ1) is 16.4. The number of piperazine rings is 1. The van der Waals surface area contributed by atoms with Crippen molar-refractivity contribution in [3.63, 3.8) is 0 Å². The number of aromatic nitrogens is 2. The van der Waals surface area contributed by atoms with E-state index in [9.17, 15) is 4.79 Å².